The first-order chi connectivity index (χ1) is 8.22. The predicted octanol–water partition coefficient (Wildman–Crippen LogP) is 3.10. The Labute approximate surface area is 110 Å². The number of rotatable bonds is 2. The Morgan fingerprint density at radius 1 is 1.18 bits per heavy atom. The van der Waals surface area contributed by atoms with Crippen molar-refractivity contribution in [1.29, 1.82) is 0 Å². The van der Waals surface area contributed by atoms with Gasteiger partial charge in [0.1, 0.15) is 5.78 Å². The van der Waals surface area contributed by atoms with Gasteiger partial charge < -0.3 is 5.32 Å². The minimum absolute atomic E-state index is 0.00989. The van der Waals surface area contributed by atoms with E-state index in [1.807, 2.05) is 7.05 Å². The van der Waals surface area contributed by atoms with Gasteiger partial charge in [0.25, 0.3) is 0 Å². The fraction of sp³-hybridized carbons (Fsp3) is 0.857. The Bertz CT molecular complexity index is 289. The van der Waals surface area contributed by atoms with Crippen LogP contribution in [0.4, 0.5) is 0 Å². The summed E-state index contributed by atoms with van der Waals surface area (Å²) in [6.45, 7) is 0. The molecule has 2 aliphatic carbocycles. The van der Waals surface area contributed by atoms with Crippen LogP contribution in [0.2, 0.25) is 0 Å². The SMILES string of the molecule is CNC(=S)C1CC(C2CCCCC2)CCC1=O. The van der Waals surface area contributed by atoms with Crippen molar-refractivity contribution in [2.24, 2.45) is 17.8 Å². The lowest BCUT2D eigenvalue weighted by Gasteiger charge is -2.35. The molecular weight excluding hydrogens is 230 g/mol. The van der Waals surface area contributed by atoms with Crippen LogP contribution >= 0.6 is 12.2 Å². The smallest absolute Gasteiger partial charge is 0.142 e. The maximum absolute atomic E-state index is 11.9. The van der Waals surface area contributed by atoms with Crippen LogP contribution in [0, 0.1) is 17.8 Å². The molecular formula is C14H23NOS. The molecule has 0 heterocycles. The van der Waals surface area contributed by atoms with Crippen molar-refractivity contribution < 1.29 is 4.79 Å². The van der Waals surface area contributed by atoms with Crippen LogP contribution in [0.15, 0.2) is 0 Å². The number of carbonyl (C=O) groups is 1. The van der Waals surface area contributed by atoms with Gasteiger partial charge in [0.05, 0.1) is 10.9 Å². The van der Waals surface area contributed by atoms with Gasteiger partial charge in [0, 0.05) is 13.5 Å². The molecule has 96 valence electrons. The zero-order chi connectivity index (χ0) is 12.3. The molecule has 2 unspecified atom stereocenters. The van der Waals surface area contributed by atoms with Crippen LogP contribution in [-0.2, 0) is 4.79 Å². The third-order valence-electron chi connectivity index (χ3n) is 4.57. The molecule has 0 aromatic carbocycles. The Hall–Kier alpha value is -0.440. The van der Waals surface area contributed by atoms with Crippen molar-refractivity contribution in [3.05, 3.63) is 0 Å². The molecule has 0 saturated heterocycles. The monoisotopic (exact) mass is 253 g/mol. The molecule has 0 amide bonds. The second-order valence-corrected chi connectivity index (χ2v) is 6.01. The van der Waals surface area contributed by atoms with Gasteiger partial charge in [-0.25, -0.2) is 0 Å². The summed E-state index contributed by atoms with van der Waals surface area (Å²) < 4.78 is 0. The Morgan fingerprint density at radius 3 is 2.53 bits per heavy atom. The molecule has 17 heavy (non-hydrogen) atoms. The highest BCUT2D eigenvalue weighted by Gasteiger charge is 2.35. The molecule has 2 fully saturated rings. The fourth-order valence-corrected chi connectivity index (χ4v) is 3.74. The summed E-state index contributed by atoms with van der Waals surface area (Å²) in [7, 11) is 1.83. The van der Waals surface area contributed by atoms with Gasteiger partial charge >= 0.3 is 0 Å². The van der Waals surface area contributed by atoms with E-state index in [4.69, 9.17) is 12.2 Å². The highest BCUT2D eigenvalue weighted by molar-refractivity contribution is 7.80. The summed E-state index contributed by atoms with van der Waals surface area (Å²) in [5.41, 5.74) is 0. The molecule has 0 spiro atoms. The Balaban J connectivity index is 1.96. The minimum Gasteiger partial charge on any atom is -0.382 e. The number of Topliss-reactive ketones (excluding diaryl/α,β-unsaturated/α-hetero) is 1. The van der Waals surface area contributed by atoms with E-state index in [-0.39, 0.29) is 5.92 Å². The normalized spacial score (nSPS) is 31.2. The maximum atomic E-state index is 11.9. The number of hydrogen-bond acceptors (Lipinski definition) is 2. The van der Waals surface area contributed by atoms with Crippen molar-refractivity contribution >= 4 is 23.0 Å². The molecule has 1 N–H and O–H groups in total. The third-order valence-corrected chi connectivity index (χ3v) is 5.06. The molecule has 2 atom stereocenters. The number of nitrogens with one attached hydrogen (secondary N) is 1. The zero-order valence-electron chi connectivity index (χ0n) is 10.7. The number of hydrogen-bond donors (Lipinski definition) is 1. The van der Waals surface area contributed by atoms with Crippen molar-refractivity contribution in [2.45, 2.75) is 51.4 Å². The van der Waals surface area contributed by atoms with Crippen LogP contribution < -0.4 is 5.32 Å². The van der Waals surface area contributed by atoms with E-state index >= 15 is 0 Å². The summed E-state index contributed by atoms with van der Waals surface area (Å²) in [6, 6.07) is 0. The van der Waals surface area contributed by atoms with E-state index in [0.717, 1.165) is 36.1 Å². The summed E-state index contributed by atoms with van der Waals surface area (Å²) in [5, 5.41) is 3.00. The quantitative estimate of drug-likeness (QED) is 0.767. The van der Waals surface area contributed by atoms with Crippen molar-refractivity contribution in [2.75, 3.05) is 7.05 Å². The van der Waals surface area contributed by atoms with Gasteiger partial charge in [-0.3, -0.25) is 4.79 Å². The van der Waals surface area contributed by atoms with Crippen molar-refractivity contribution in [1.82, 2.24) is 5.32 Å². The largest absolute Gasteiger partial charge is 0.382 e. The van der Waals surface area contributed by atoms with E-state index in [9.17, 15) is 4.79 Å². The van der Waals surface area contributed by atoms with Gasteiger partial charge in [-0.15, -0.1) is 0 Å². The lowest BCUT2D eigenvalue weighted by atomic mass is 9.70. The summed E-state index contributed by atoms with van der Waals surface area (Å²) in [6.07, 6.45) is 9.77. The standard InChI is InChI=1S/C14H23NOS/c1-15-14(17)12-9-11(7-8-13(12)16)10-5-3-2-4-6-10/h10-12H,2-9H2,1H3,(H,15,17). The van der Waals surface area contributed by atoms with Gasteiger partial charge in [-0.1, -0.05) is 44.3 Å². The predicted molar refractivity (Wildman–Crippen MR) is 74.1 cm³/mol. The second kappa shape index (κ2) is 5.94. The van der Waals surface area contributed by atoms with Gasteiger partial charge in [0.15, 0.2) is 0 Å². The van der Waals surface area contributed by atoms with E-state index in [2.05, 4.69) is 5.32 Å². The van der Waals surface area contributed by atoms with E-state index in [1.165, 1.54) is 32.1 Å². The zero-order valence-corrected chi connectivity index (χ0v) is 11.5. The lowest BCUT2D eigenvalue weighted by molar-refractivity contribution is -0.123. The van der Waals surface area contributed by atoms with Crippen LogP contribution in [-0.4, -0.2) is 17.8 Å². The highest BCUT2D eigenvalue weighted by Crippen LogP contribution is 2.39. The van der Waals surface area contributed by atoms with Crippen LogP contribution in [0.1, 0.15) is 51.4 Å². The minimum atomic E-state index is 0.00989. The van der Waals surface area contributed by atoms with Crippen LogP contribution in [0.25, 0.3) is 0 Å². The molecule has 2 aliphatic rings. The molecule has 0 aromatic heterocycles. The number of carbonyl (C=O) groups excluding carboxylic acids is 1. The number of ketones is 1. The lowest BCUT2D eigenvalue weighted by Crippen LogP contribution is -2.38. The fourth-order valence-electron chi connectivity index (χ4n) is 3.52. The van der Waals surface area contributed by atoms with Crippen molar-refractivity contribution in [3.63, 3.8) is 0 Å². The summed E-state index contributed by atoms with van der Waals surface area (Å²) >= 11 is 5.27. The van der Waals surface area contributed by atoms with Crippen LogP contribution in [0.5, 0.6) is 0 Å². The van der Waals surface area contributed by atoms with Gasteiger partial charge in [0.2, 0.25) is 0 Å². The molecule has 0 aliphatic heterocycles. The summed E-state index contributed by atoms with van der Waals surface area (Å²) in [5.74, 6) is 1.97. The highest BCUT2D eigenvalue weighted by atomic mass is 32.1. The summed E-state index contributed by atoms with van der Waals surface area (Å²) in [4.78, 5) is 12.7. The average Bonchev–Trinajstić information content (AvgIpc) is 2.39. The van der Waals surface area contributed by atoms with Gasteiger partial charge in [-0.05, 0) is 24.7 Å². The molecule has 0 radical (unpaired) electrons. The Kier molecular flexibility index (Phi) is 4.55. The van der Waals surface area contributed by atoms with Crippen molar-refractivity contribution in [3.8, 4) is 0 Å². The second-order valence-electron chi connectivity index (χ2n) is 5.57. The molecule has 2 nitrogen and oxygen atoms in total. The topological polar surface area (TPSA) is 29.1 Å². The first kappa shape index (κ1) is 13.0. The van der Waals surface area contributed by atoms with Crippen LogP contribution in [0.3, 0.4) is 0 Å². The molecule has 2 saturated carbocycles. The molecule has 3 heteroatoms. The molecule has 0 aromatic rings. The van der Waals surface area contributed by atoms with E-state index in [1.54, 1.807) is 0 Å². The Morgan fingerprint density at radius 2 is 1.88 bits per heavy atom. The van der Waals surface area contributed by atoms with E-state index < -0.39 is 0 Å². The van der Waals surface area contributed by atoms with E-state index in [0.29, 0.717) is 5.78 Å². The third kappa shape index (κ3) is 3.06. The molecule has 2 rings (SSSR count). The number of thiocarbonyl (C=S) groups is 1. The van der Waals surface area contributed by atoms with Gasteiger partial charge in [-0.2, -0.15) is 0 Å². The maximum Gasteiger partial charge on any atom is 0.142 e. The first-order valence-corrected chi connectivity index (χ1v) is 7.37. The first-order valence-electron chi connectivity index (χ1n) is 6.96. The average molecular weight is 253 g/mol. The molecule has 0 bridgehead atoms.